The predicted octanol–water partition coefficient (Wildman–Crippen LogP) is 3.94. The van der Waals surface area contributed by atoms with Gasteiger partial charge in [-0.3, -0.25) is 0 Å². The fourth-order valence-electron chi connectivity index (χ4n) is 1.24. The summed E-state index contributed by atoms with van der Waals surface area (Å²) in [6.45, 7) is 11.1. The Labute approximate surface area is 83.2 Å². The van der Waals surface area contributed by atoms with Crippen molar-refractivity contribution in [3.63, 3.8) is 0 Å². The maximum Gasteiger partial charge on any atom is 0.0626 e. The highest BCUT2D eigenvalue weighted by Crippen LogP contribution is 2.18. The SMILES string of the molecule is C=CCCCC(C)(C)OCCCC. The van der Waals surface area contributed by atoms with Crippen LogP contribution in [0.5, 0.6) is 0 Å². The van der Waals surface area contributed by atoms with E-state index in [0.29, 0.717) is 0 Å². The zero-order valence-corrected chi connectivity index (χ0v) is 9.44. The monoisotopic (exact) mass is 184 g/mol. The Hall–Kier alpha value is -0.300. The summed E-state index contributed by atoms with van der Waals surface area (Å²) in [4.78, 5) is 0. The molecule has 0 spiro atoms. The van der Waals surface area contributed by atoms with Crippen molar-refractivity contribution in [3.8, 4) is 0 Å². The average molecular weight is 184 g/mol. The first-order valence-electron chi connectivity index (χ1n) is 5.37. The summed E-state index contributed by atoms with van der Waals surface area (Å²) >= 11 is 0. The lowest BCUT2D eigenvalue weighted by Crippen LogP contribution is -2.24. The van der Waals surface area contributed by atoms with Crippen molar-refractivity contribution in [2.75, 3.05) is 6.61 Å². The van der Waals surface area contributed by atoms with Crippen molar-refractivity contribution in [3.05, 3.63) is 12.7 Å². The maximum atomic E-state index is 5.78. The molecule has 0 N–H and O–H groups in total. The van der Waals surface area contributed by atoms with Crippen LogP contribution in [0.1, 0.15) is 52.9 Å². The van der Waals surface area contributed by atoms with Crippen LogP contribution in [0.3, 0.4) is 0 Å². The highest BCUT2D eigenvalue weighted by molar-refractivity contribution is 4.72. The van der Waals surface area contributed by atoms with Crippen molar-refractivity contribution in [2.24, 2.45) is 0 Å². The summed E-state index contributed by atoms with van der Waals surface area (Å²) in [5.74, 6) is 0. The largest absolute Gasteiger partial charge is 0.376 e. The molecule has 13 heavy (non-hydrogen) atoms. The molecule has 0 aliphatic carbocycles. The maximum absolute atomic E-state index is 5.78. The van der Waals surface area contributed by atoms with Crippen molar-refractivity contribution in [2.45, 2.75) is 58.5 Å². The molecule has 0 aromatic carbocycles. The lowest BCUT2D eigenvalue weighted by molar-refractivity contribution is -0.0256. The summed E-state index contributed by atoms with van der Waals surface area (Å²) < 4.78 is 5.78. The first-order chi connectivity index (χ1) is 6.12. The molecule has 0 amide bonds. The van der Waals surface area contributed by atoms with Crippen LogP contribution in [0, 0.1) is 0 Å². The molecule has 1 heteroatoms. The third-order valence-corrected chi connectivity index (χ3v) is 2.18. The molecule has 0 unspecified atom stereocenters. The van der Waals surface area contributed by atoms with Crippen LogP contribution >= 0.6 is 0 Å². The third-order valence-electron chi connectivity index (χ3n) is 2.18. The van der Waals surface area contributed by atoms with E-state index in [4.69, 9.17) is 4.74 Å². The molecule has 0 heterocycles. The second kappa shape index (κ2) is 7.14. The fourth-order valence-corrected chi connectivity index (χ4v) is 1.24. The van der Waals surface area contributed by atoms with Gasteiger partial charge in [0.25, 0.3) is 0 Å². The van der Waals surface area contributed by atoms with Crippen LogP contribution in [0.25, 0.3) is 0 Å². The van der Waals surface area contributed by atoms with Gasteiger partial charge in [-0.15, -0.1) is 6.58 Å². The molecule has 78 valence electrons. The number of hydrogen-bond acceptors (Lipinski definition) is 1. The van der Waals surface area contributed by atoms with Crippen LogP contribution < -0.4 is 0 Å². The van der Waals surface area contributed by atoms with E-state index in [1.165, 1.54) is 19.3 Å². The molecule has 0 radical (unpaired) electrons. The van der Waals surface area contributed by atoms with Gasteiger partial charge in [0.05, 0.1) is 5.60 Å². The van der Waals surface area contributed by atoms with Gasteiger partial charge in [0.1, 0.15) is 0 Å². The average Bonchev–Trinajstić information content (AvgIpc) is 2.05. The highest BCUT2D eigenvalue weighted by Gasteiger charge is 2.16. The lowest BCUT2D eigenvalue weighted by atomic mass is 10.0. The van der Waals surface area contributed by atoms with Gasteiger partial charge < -0.3 is 4.74 Å². The van der Waals surface area contributed by atoms with E-state index in [0.717, 1.165) is 19.4 Å². The van der Waals surface area contributed by atoms with Crippen molar-refractivity contribution < 1.29 is 4.74 Å². The summed E-state index contributed by atoms with van der Waals surface area (Å²) in [6.07, 6.45) is 7.77. The molecule has 0 aliphatic heterocycles. The molecule has 0 aliphatic rings. The van der Waals surface area contributed by atoms with Crippen LogP contribution in [0.4, 0.5) is 0 Å². The van der Waals surface area contributed by atoms with Gasteiger partial charge in [0, 0.05) is 6.61 Å². The minimum atomic E-state index is 0.0538. The zero-order valence-electron chi connectivity index (χ0n) is 9.44. The van der Waals surface area contributed by atoms with Gasteiger partial charge in [-0.05, 0) is 39.5 Å². The van der Waals surface area contributed by atoms with E-state index in [2.05, 4.69) is 27.4 Å². The van der Waals surface area contributed by atoms with Crippen LogP contribution in [0.2, 0.25) is 0 Å². The molecule has 0 saturated heterocycles. The van der Waals surface area contributed by atoms with E-state index >= 15 is 0 Å². The van der Waals surface area contributed by atoms with Gasteiger partial charge in [0.15, 0.2) is 0 Å². The Morgan fingerprint density at radius 1 is 1.31 bits per heavy atom. The van der Waals surface area contributed by atoms with Crippen molar-refractivity contribution in [1.82, 2.24) is 0 Å². The molecule has 0 aromatic heterocycles. The molecule has 0 bridgehead atoms. The van der Waals surface area contributed by atoms with Gasteiger partial charge in [-0.25, -0.2) is 0 Å². The van der Waals surface area contributed by atoms with Crippen LogP contribution in [-0.2, 0) is 4.74 Å². The third kappa shape index (κ3) is 8.04. The Balaban J connectivity index is 3.47. The van der Waals surface area contributed by atoms with Gasteiger partial charge >= 0.3 is 0 Å². The second-order valence-electron chi connectivity index (χ2n) is 4.14. The first-order valence-corrected chi connectivity index (χ1v) is 5.37. The number of rotatable bonds is 8. The van der Waals surface area contributed by atoms with Gasteiger partial charge in [-0.2, -0.15) is 0 Å². The highest BCUT2D eigenvalue weighted by atomic mass is 16.5. The predicted molar refractivity (Wildman–Crippen MR) is 59.0 cm³/mol. The molecular weight excluding hydrogens is 160 g/mol. The second-order valence-corrected chi connectivity index (χ2v) is 4.14. The van der Waals surface area contributed by atoms with Gasteiger partial charge in [-0.1, -0.05) is 19.4 Å². The summed E-state index contributed by atoms with van der Waals surface area (Å²) in [5, 5.41) is 0. The zero-order chi connectivity index (χ0) is 10.2. The molecule has 1 nitrogen and oxygen atoms in total. The Morgan fingerprint density at radius 3 is 2.54 bits per heavy atom. The molecule has 0 saturated carbocycles. The van der Waals surface area contributed by atoms with Crippen LogP contribution in [0.15, 0.2) is 12.7 Å². The standard InChI is InChI=1S/C12H24O/c1-5-7-9-10-12(3,4)13-11-8-6-2/h5H,1,6-11H2,2-4H3. The molecule has 0 fully saturated rings. The summed E-state index contributed by atoms with van der Waals surface area (Å²) in [6, 6.07) is 0. The first kappa shape index (κ1) is 12.7. The number of unbranched alkanes of at least 4 members (excludes halogenated alkanes) is 2. The van der Waals surface area contributed by atoms with E-state index in [1.54, 1.807) is 0 Å². The van der Waals surface area contributed by atoms with E-state index in [9.17, 15) is 0 Å². The minimum Gasteiger partial charge on any atom is -0.376 e. The summed E-state index contributed by atoms with van der Waals surface area (Å²) in [5.41, 5.74) is 0.0538. The number of hydrogen-bond donors (Lipinski definition) is 0. The topological polar surface area (TPSA) is 9.23 Å². The Bertz CT molecular complexity index is 127. The lowest BCUT2D eigenvalue weighted by Gasteiger charge is -2.25. The summed E-state index contributed by atoms with van der Waals surface area (Å²) in [7, 11) is 0. The van der Waals surface area contributed by atoms with Crippen molar-refractivity contribution >= 4 is 0 Å². The quantitative estimate of drug-likeness (QED) is 0.410. The number of allylic oxidation sites excluding steroid dienone is 1. The van der Waals surface area contributed by atoms with E-state index in [-0.39, 0.29) is 5.60 Å². The van der Waals surface area contributed by atoms with Gasteiger partial charge in [0.2, 0.25) is 0 Å². The normalized spacial score (nSPS) is 11.6. The number of ether oxygens (including phenoxy) is 1. The van der Waals surface area contributed by atoms with E-state index < -0.39 is 0 Å². The minimum absolute atomic E-state index is 0.0538. The molecular formula is C12H24O. The smallest absolute Gasteiger partial charge is 0.0626 e. The molecule has 0 atom stereocenters. The fraction of sp³-hybridized carbons (Fsp3) is 0.833. The van der Waals surface area contributed by atoms with Crippen LogP contribution in [-0.4, -0.2) is 12.2 Å². The molecule has 0 rings (SSSR count). The van der Waals surface area contributed by atoms with Crippen molar-refractivity contribution in [1.29, 1.82) is 0 Å². The Kier molecular flexibility index (Phi) is 6.97. The Morgan fingerprint density at radius 2 is 2.00 bits per heavy atom. The molecule has 0 aromatic rings. The van der Waals surface area contributed by atoms with E-state index in [1.807, 2.05) is 6.08 Å².